The first-order valence-corrected chi connectivity index (χ1v) is 8.65. The van der Waals surface area contributed by atoms with Gasteiger partial charge >= 0.3 is 0 Å². The van der Waals surface area contributed by atoms with Gasteiger partial charge in [-0.1, -0.05) is 86.0 Å². The monoisotopic (exact) mass is 304 g/mol. The minimum Gasteiger partial charge on any atom is -0.298 e. The number of carbonyl (C=O) groups is 1. The van der Waals surface area contributed by atoms with Gasteiger partial charge < -0.3 is 0 Å². The molecule has 2 aromatic carbocycles. The molecule has 1 saturated carbocycles. The summed E-state index contributed by atoms with van der Waals surface area (Å²) in [5, 5.41) is 0. The quantitative estimate of drug-likeness (QED) is 0.631. The van der Waals surface area contributed by atoms with Crippen molar-refractivity contribution in [2.24, 2.45) is 5.92 Å². The van der Waals surface area contributed by atoms with Crippen molar-refractivity contribution < 1.29 is 4.79 Å². The Balaban J connectivity index is 1.85. The van der Waals surface area contributed by atoms with Gasteiger partial charge in [-0.25, -0.2) is 0 Å². The van der Waals surface area contributed by atoms with Gasteiger partial charge in [-0.05, 0) is 29.9 Å². The Morgan fingerprint density at radius 3 is 2.17 bits per heavy atom. The SMILES string of the molecule is O=Cc1ccc(C(/C=C/c2ccccc2)C2CCCCC2)cc1. The Morgan fingerprint density at radius 2 is 1.52 bits per heavy atom. The molecule has 1 nitrogen and oxygen atoms in total. The fraction of sp³-hybridized carbons (Fsp3) is 0.318. The van der Waals surface area contributed by atoms with E-state index in [-0.39, 0.29) is 0 Å². The first-order chi connectivity index (χ1) is 11.4. The molecule has 1 aliphatic carbocycles. The average Bonchev–Trinajstić information content (AvgIpc) is 2.64. The molecule has 2 aromatic rings. The van der Waals surface area contributed by atoms with E-state index in [2.05, 4.69) is 48.6 Å². The number of benzene rings is 2. The van der Waals surface area contributed by atoms with E-state index in [0.29, 0.717) is 11.8 Å². The van der Waals surface area contributed by atoms with Crippen molar-refractivity contribution in [2.75, 3.05) is 0 Å². The molecule has 0 radical (unpaired) electrons. The van der Waals surface area contributed by atoms with Gasteiger partial charge in [0.2, 0.25) is 0 Å². The number of rotatable bonds is 5. The standard InChI is InChI=1S/C22H24O/c23-17-19-11-14-21(15-12-19)22(20-9-5-2-6-10-20)16-13-18-7-3-1-4-8-18/h1,3-4,7-8,11-17,20,22H,2,5-6,9-10H2/b16-13+. The Labute approximate surface area is 139 Å². The Morgan fingerprint density at radius 1 is 0.826 bits per heavy atom. The first kappa shape index (κ1) is 15.7. The van der Waals surface area contributed by atoms with E-state index in [1.54, 1.807) is 0 Å². The molecule has 118 valence electrons. The maximum atomic E-state index is 10.9. The van der Waals surface area contributed by atoms with Crippen LogP contribution in [-0.2, 0) is 0 Å². The second-order valence-corrected chi connectivity index (χ2v) is 6.48. The Hall–Kier alpha value is -2.15. The lowest BCUT2D eigenvalue weighted by atomic mass is 9.76. The molecule has 23 heavy (non-hydrogen) atoms. The van der Waals surface area contributed by atoms with Crippen LogP contribution in [0.5, 0.6) is 0 Å². The molecule has 0 saturated heterocycles. The number of hydrogen-bond acceptors (Lipinski definition) is 1. The molecule has 0 aromatic heterocycles. The van der Waals surface area contributed by atoms with Crippen LogP contribution in [0.4, 0.5) is 0 Å². The summed E-state index contributed by atoms with van der Waals surface area (Å²) in [6.07, 6.45) is 12.2. The predicted octanol–water partition coefficient (Wildman–Crippen LogP) is 5.88. The Kier molecular flexibility index (Phi) is 5.42. The van der Waals surface area contributed by atoms with Crippen LogP contribution >= 0.6 is 0 Å². The average molecular weight is 304 g/mol. The van der Waals surface area contributed by atoms with E-state index in [1.807, 2.05) is 18.2 Å². The molecule has 0 spiro atoms. The molecule has 1 atom stereocenters. The van der Waals surface area contributed by atoms with Gasteiger partial charge in [0.25, 0.3) is 0 Å². The van der Waals surface area contributed by atoms with E-state index in [0.717, 1.165) is 11.8 Å². The van der Waals surface area contributed by atoms with Gasteiger partial charge in [0.1, 0.15) is 6.29 Å². The first-order valence-electron chi connectivity index (χ1n) is 8.65. The van der Waals surface area contributed by atoms with Crippen LogP contribution in [0.2, 0.25) is 0 Å². The molecule has 0 N–H and O–H groups in total. The molecule has 1 aliphatic rings. The smallest absolute Gasteiger partial charge is 0.150 e. The van der Waals surface area contributed by atoms with Crippen LogP contribution in [0.3, 0.4) is 0 Å². The maximum absolute atomic E-state index is 10.9. The van der Waals surface area contributed by atoms with Gasteiger partial charge in [-0.15, -0.1) is 0 Å². The zero-order valence-electron chi connectivity index (χ0n) is 13.5. The molecule has 1 unspecified atom stereocenters. The van der Waals surface area contributed by atoms with Gasteiger partial charge in [0.15, 0.2) is 0 Å². The summed E-state index contributed by atoms with van der Waals surface area (Å²) in [7, 11) is 0. The van der Waals surface area contributed by atoms with Crippen LogP contribution in [-0.4, -0.2) is 6.29 Å². The lowest BCUT2D eigenvalue weighted by Crippen LogP contribution is -2.14. The van der Waals surface area contributed by atoms with Crippen molar-refractivity contribution in [1.82, 2.24) is 0 Å². The minimum absolute atomic E-state index is 0.441. The minimum atomic E-state index is 0.441. The summed E-state index contributed by atoms with van der Waals surface area (Å²) in [5.41, 5.74) is 3.33. The van der Waals surface area contributed by atoms with Crippen molar-refractivity contribution in [3.8, 4) is 0 Å². The predicted molar refractivity (Wildman–Crippen MR) is 96.6 cm³/mol. The molecule has 1 fully saturated rings. The van der Waals surface area contributed by atoms with Crippen LogP contribution in [0, 0.1) is 5.92 Å². The van der Waals surface area contributed by atoms with E-state index in [9.17, 15) is 4.79 Å². The van der Waals surface area contributed by atoms with Crippen molar-refractivity contribution >= 4 is 12.4 Å². The van der Waals surface area contributed by atoms with Crippen LogP contribution in [0.25, 0.3) is 6.08 Å². The van der Waals surface area contributed by atoms with Gasteiger partial charge in [0.05, 0.1) is 0 Å². The Bertz CT molecular complexity index is 633. The second kappa shape index (κ2) is 7.92. The van der Waals surface area contributed by atoms with Crippen molar-refractivity contribution in [3.63, 3.8) is 0 Å². The number of allylic oxidation sites excluding steroid dienone is 1. The van der Waals surface area contributed by atoms with Crippen LogP contribution in [0.1, 0.15) is 59.5 Å². The summed E-state index contributed by atoms with van der Waals surface area (Å²) in [6.45, 7) is 0. The summed E-state index contributed by atoms with van der Waals surface area (Å²) in [5.74, 6) is 1.15. The summed E-state index contributed by atoms with van der Waals surface area (Å²) in [4.78, 5) is 10.9. The molecule has 1 heteroatoms. The van der Waals surface area contributed by atoms with Crippen molar-refractivity contribution in [1.29, 1.82) is 0 Å². The van der Waals surface area contributed by atoms with E-state index in [4.69, 9.17) is 0 Å². The van der Waals surface area contributed by atoms with E-state index < -0.39 is 0 Å². The lowest BCUT2D eigenvalue weighted by Gasteiger charge is -2.29. The second-order valence-electron chi connectivity index (χ2n) is 6.48. The zero-order valence-corrected chi connectivity index (χ0v) is 13.5. The van der Waals surface area contributed by atoms with E-state index >= 15 is 0 Å². The highest BCUT2D eigenvalue weighted by molar-refractivity contribution is 5.74. The number of carbonyl (C=O) groups excluding carboxylic acids is 1. The fourth-order valence-corrected chi connectivity index (χ4v) is 3.61. The highest BCUT2D eigenvalue weighted by Gasteiger charge is 2.23. The van der Waals surface area contributed by atoms with Gasteiger partial charge in [-0.3, -0.25) is 4.79 Å². The third kappa shape index (κ3) is 4.19. The highest BCUT2D eigenvalue weighted by Crippen LogP contribution is 2.37. The lowest BCUT2D eigenvalue weighted by molar-refractivity contribution is 0.112. The van der Waals surface area contributed by atoms with Crippen molar-refractivity contribution in [3.05, 3.63) is 77.4 Å². The third-order valence-electron chi connectivity index (χ3n) is 4.91. The molecular weight excluding hydrogens is 280 g/mol. The maximum Gasteiger partial charge on any atom is 0.150 e. The third-order valence-corrected chi connectivity index (χ3v) is 4.91. The highest BCUT2D eigenvalue weighted by atomic mass is 16.1. The number of aldehydes is 1. The molecule has 0 amide bonds. The van der Waals surface area contributed by atoms with Crippen molar-refractivity contribution in [2.45, 2.75) is 38.0 Å². The largest absolute Gasteiger partial charge is 0.298 e. The zero-order chi connectivity index (χ0) is 15.9. The normalized spacial score (nSPS) is 17.2. The fourth-order valence-electron chi connectivity index (χ4n) is 3.61. The topological polar surface area (TPSA) is 17.1 Å². The summed E-state index contributed by atoms with van der Waals surface area (Å²) < 4.78 is 0. The molecule has 0 aliphatic heterocycles. The summed E-state index contributed by atoms with van der Waals surface area (Å²) >= 11 is 0. The van der Waals surface area contributed by atoms with Crippen LogP contribution in [0.15, 0.2) is 60.7 Å². The van der Waals surface area contributed by atoms with Crippen LogP contribution < -0.4 is 0 Å². The molecular formula is C22H24O. The number of hydrogen-bond donors (Lipinski definition) is 0. The summed E-state index contributed by atoms with van der Waals surface area (Å²) in [6, 6.07) is 18.6. The van der Waals surface area contributed by atoms with Gasteiger partial charge in [0, 0.05) is 11.5 Å². The molecule has 3 rings (SSSR count). The van der Waals surface area contributed by atoms with E-state index in [1.165, 1.54) is 43.2 Å². The molecule has 0 bridgehead atoms. The molecule has 0 heterocycles. The van der Waals surface area contributed by atoms with Gasteiger partial charge in [-0.2, -0.15) is 0 Å².